The molecule has 0 fully saturated rings. The van der Waals surface area contributed by atoms with Crippen LogP contribution in [-0.4, -0.2) is 35.6 Å². The number of hydrogen-bond donors (Lipinski definition) is 1. The molecule has 0 spiro atoms. The van der Waals surface area contributed by atoms with E-state index in [4.69, 9.17) is 16.0 Å². The Morgan fingerprint density at radius 3 is 2.83 bits per heavy atom. The van der Waals surface area contributed by atoms with Crippen molar-refractivity contribution < 1.29 is 4.42 Å². The number of aryl methyl sites for hydroxylation is 1. The first kappa shape index (κ1) is 19.9. The zero-order chi connectivity index (χ0) is 15.9. The Bertz CT molecular complexity index is 610. The Balaban J connectivity index is 0.00000264. The third-order valence-electron chi connectivity index (χ3n) is 3.37. The summed E-state index contributed by atoms with van der Waals surface area (Å²) >= 11 is 6.03. The van der Waals surface area contributed by atoms with Gasteiger partial charge in [-0.3, -0.25) is 4.99 Å². The Kier molecular flexibility index (Phi) is 8.54. The second-order valence-corrected chi connectivity index (χ2v) is 5.62. The van der Waals surface area contributed by atoms with Crippen LogP contribution in [0.5, 0.6) is 0 Å². The van der Waals surface area contributed by atoms with Crippen LogP contribution in [0.25, 0.3) is 0 Å². The first-order chi connectivity index (χ1) is 10.6. The Morgan fingerprint density at radius 1 is 1.48 bits per heavy atom. The molecule has 2 aromatic heterocycles. The second-order valence-electron chi connectivity index (χ2n) is 5.18. The number of furan rings is 1. The topological polar surface area (TPSA) is 45.7 Å². The summed E-state index contributed by atoms with van der Waals surface area (Å²) in [6, 6.07) is 5.85. The predicted octanol–water partition coefficient (Wildman–Crippen LogP) is 3.53. The van der Waals surface area contributed by atoms with E-state index < -0.39 is 0 Å². The number of hydrogen-bond acceptors (Lipinski definition) is 2. The van der Waals surface area contributed by atoms with Gasteiger partial charge in [-0.25, -0.2) is 0 Å². The highest BCUT2D eigenvalue weighted by Crippen LogP contribution is 2.14. The monoisotopic (exact) mass is 450 g/mol. The van der Waals surface area contributed by atoms with E-state index in [1.54, 1.807) is 6.26 Å². The number of aliphatic imine (C=N–C) groups is 1. The van der Waals surface area contributed by atoms with Crippen LogP contribution in [0.3, 0.4) is 0 Å². The van der Waals surface area contributed by atoms with E-state index in [1.165, 1.54) is 0 Å². The third kappa shape index (κ3) is 6.10. The van der Waals surface area contributed by atoms with Crippen LogP contribution in [0.15, 0.2) is 40.1 Å². The molecule has 7 heteroatoms. The van der Waals surface area contributed by atoms with Gasteiger partial charge in [-0.15, -0.1) is 24.0 Å². The van der Waals surface area contributed by atoms with Crippen LogP contribution < -0.4 is 5.32 Å². The summed E-state index contributed by atoms with van der Waals surface area (Å²) in [5, 5.41) is 4.07. The first-order valence-electron chi connectivity index (χ1n) is 7.42. The molecule has 1 N–H and O–H groups in total. The van der Waals surface area contributed by atoms with E-state index in [0.29, 0.717) is 6.54 Å². The molecule has 0 saturated heterocycles. The second kappa shape index (κ2) is 9.87. The van der Waals surface area contributed by atoms with Crippen LogP contribution in [-0.2, 0) is 20.0 Å². The lowest BCUT2D eigenvalue weighted by Gasteiger charge is -2.22. The largest absolute Gasteiger partial charge is 0.469 e. The molecule has 0 aliphatic heterocycles. The van der Waals surface area contributed by atoms with Gasteiger partial charge in [0.1, 0.15) is 5.76 Å². The van der Waals surface area contributed by atoms with E-state index in [2.05, 4.69) is 22.1 Å². The van der Waals surface area contributed by atoms with Gasteiger partial charge in [-0.1, -0.05) is 11.6 Å². The average Bonchev–Trinajstić information content (AvgIpc) is 3.08. The molecule has 5 nitrogen and oxygen atoms in total. The van der Waals surface area contributed by atoms with E-state index in [0.717, 1.165) is 41.9 Å². The molecule has 0 aliphatic rings. The van der Waals surface area contributed by atoms with Gasteiger partial charge in [0.2, 0.25) is 0 Å². The fraction of sp³-hybridized carbons (Fsp3) is 0.438. The van der Waals surface area contributed by atoms with Crippen molar-refractivity contribution in [3.05, 3.63) is 47.1 Å². The van der Waals surface area contributed by atoms with Gasteiger partial charge >= 0.3 is 0 Å². The van der Waals surface area contributed by atoms with Gasteiger partial charge in [0.25, 0.3) is 0 Å². The summed E-state index contributed by atoms with van der Waals surface area (Å²) in [6.07, 6.45) is 4.40. The molecule has 2 rings (SSSR count). The van der Waals surface area contributed by atoms with Crippen LogP contribution in [0, 0.1) is 0 Å². The highest BCUT2D eigenvalue weighted by molar-refractivity contribution is 14.0. The summed E-state index contributed by atoms with van der Waals surface area (Å²) in [6.45, 7) is 4.33. The molecule has 0 aromatic carbocycles. The average molecular weight is 451 g/mol. The summed E-state index contributed by atoms with van der Waals surface area (Å²) < 4.78 is 7.36. The van der Waals surface area contributed by atoms with E-state index in [9.17, 15) is 0 Å². The Morgan fingerprint density at radius 2 is 2.26 bits per heavy atom. The standard InChI is InChI=1S/C16H23ClN4O.HI/c1-4-18-16(19-8-7-15-6-5-9-22-15)21(3)12-14-10-13(17)11-20(14)2;/h5-6,9-11H,4,7-8,12H2,1-3H3,(H,18,19);1H. The number of nitrogens with zero attached hydrogens (tertiary/aromatic N) is 3. The normalized spacial score (nSPS) is 11.2. The Hall–Kier alpha value is -1.15. The molecule has 0 bridgehead atoms. The van der Waals surface area contributed by atoms with E-state index in [-0.39, 0.29) is 24.0 Å². The van der Waals surface area contributed by atoms with Crippen molar-refractivity contribution in [1.82, 2.24) is 14.8 Å². The smallest absolute Gasteiger partial charge is 0.194 e. The maximum atomic E-state index is 6.03. The van der Waals surface area contributed by atoms with Gasteiger partial charge in [0.05, 0.1) is 17.8 Å². The lowest BCUT2D eigenvalue weighted by Crippen LogP contribution is -2.39. The van der Waals surface area contributed by atoms with Gasteiger partial charge in [0, 0.05) is 45.5 Å². The van der Waals surface area contributed by atoms with Crippen LogP contribution >= 0.6 is 35.6 Å². The molecule has 0 aliphatic carbocycles. The third-order valence-corrected chi connectivity index (χ3v) is 3.58. The maximum Gasteiger partial charge on any atom is 0.194 e. The fourth-order valence-corrected chi connectivity index (χ4v) is 2.51. The van der Waals surface area contributed by atoms with Gasteiger partial charge in [0.15, 0.2) is 5.96 Å². The van der Waals surface area contributed by atoms with Crippen LogP contribution in [0.2, 0.25) is 5.02 Å². The minimum Gasteiger partial charge on any atom is -0.469 e. The van der Waals surface area contributed by atoms with E-state index in [1.807, 2.05) is 43.1 Å². The zero-order valence-electron chi connectivity index (χ0n) is 13.8. The maximum absolute atomic E-state index is 6.03. The van der Waals surface area contributed by atoms with Gasteiger partial charge < -0.3 is 19.2 Å². The van der Waals surface area contributed by atoms with E-state index >= 15 is 0 Å². The van der Waals surface area contributed by atoms with Gasteiger partial charge in [-0.05, 0) is 25.1 Å². The first-order valence-corrected chi connectivity index (χ1v) is 7.80. The molecule has 0 saturated carbocycles. The highest BCUT2D eigenvalue weighted by atomic mass is 127. The molecule has 2 heterocycles. The van der Waals surface area contributed by atoms with Crippen LogP contribution in [0.1, 0.15) is 18.4 Å². The van der Waals surface area contributed by atoms with Crippen molar-refractivity contribution in [2.24, 2.45) is 12.0 Å². The summed E-state index contributed by atoms with van der Waals surface area (Å²) in [5.41, 5.74) is 1.14. The summed E-state index contributed by atoms with van der Waals surface area (Å²) in [7, 11) is 4.02. The molecule has 0 unspecified atom stereocenters. The van der Waals surface area contributed by atoms with Crippen molar-refractivity contribution >= 4 is 41.5 Å². The molecular weight excluding hydrogens is 427 g/mol. The quantitative estimate of drug-likeness (QED) is 0.416. The van der Waals surface area contributed by atoms with Crippen LogP contribution in [0.4, 0.5) is 0 Å². The van der Waals surface area contributed by atoms with Crippen molar-refractivity contribution in [3.63, 3.8) is 0 Å². The van der Waals surface area contributed by atoms with Gasteiger partial charge in [-0.2, -0.15) is 0 Å². The lowest BCUT2D eigenvalue weighted by molar-refractivity contribution is 0.460. The minimum atomic E-state index is 0. The molecule has 23 heavy (non-hydrogen) atoms. The fourth-order valence-electron chi connectivity index (χ4n) is 2.24. The predicted molar refractivity (Wildman–Crippen MR) is 106 cm³/mol. The number of nitrogens with one attached hydrogen (secondary N) is 1. The highest BCUT2D eigenvalue weighted by Gasteiger charge is 2.09. The molecular formula is C16H24ClIN4O. The summed E-state index contributed by atoms with van der Waals surface area (Å²) in [4.78, 5) is 6.74. The zero-order valence-corrected chi connectivity index (χ0v) is 16.8. The summed E-state index contributed by atoms with van der Waals surface area (Å²) in [5.74, 6) is 1.84. The molecule has 128 valence electrons. The number of halogens is 2. The SMILES string of the molecule is CCNC(=NCCc1ccco1)N(C)Cc1cc(Cl)cn1C.I. The van der Waals surface area contributed by atoms with Crippen molar-refractivity contribution in [2.75, 3.05) is 20.1 Å². The molecule has 2 aromatic rings. The Labute approximate surface area is 159 Å². The minimum absolute atomic E-state index is 0. The number of guanidine groups is 1. The number of aromatic nitrogens is 1. The number of rotatable bonds is 6. The molecule has 0 amide bonds. The van der Waals surface area contributed by atoms with Crippen molar-refractivity contribution in [3.8, 4) is 0 Å². The van der Waals surface area contributed by atoms with Crippen molar-refractivity contribution in [2.45, 2.75) is 19.9 Å². The van der Waals surface area contributed by atoms with Crippen molar-refractivity contribution in [1.29, 1.82) is 0 Å². The molecule has 0 radical (unpaired) electrons. The molecule has 0 atom stereocenters. The lowest BCUT2D eigenvalue weighted by atomic mass is 10.3.